The van der Waals surface area contributed by atoms with Crippen molar-refractivity contribution in [2.45, 2.75) is 57.3 Å². The fourth-order valence-electron chi connectivity index (χ4n) is 4.15. The summed E-state index contributed by atoms with van der Waals surface area (Å²) in [7, 11) is 0. The maximum absolute atomic E-state index is 12.6. The SMILES string of the molecule is O=C(O)[C@@H]1CC[C@H](C(=O)N2CCC(Cc3noc(C4CC4)n3)CC2)C1. The van der Waals surface area contributed by atoms with E-state index in [2.05, 4.69) is 10.1 Å². The van der Waals surface area contributed by atoms with Gasteiger partial charge in [0.15, 0.2) is 5.82 Å². The van der Waals surface area contributed by atoms with Gasteiger partial charge in [-0.25, -0.2) is 0 Å². The van der Waals surface area contributed by atoms with E-state index in [1.54, 1.807) is 0 Å². The molecule has 7 heteroatoms. The zero-order chi connectivity index (χ0) is 17.4. The molecule has 2 aliphatic carbocycles. The van der Waals surface area contributed by atoms with Crippen LogP contribution in [0.2, 0.25) is 0 Å². The van der Waals surface area contributed by atoms with Crippen molar-refractivity contribution < 1.29 is 19.2 Å². The summed E-state index contributed by atoms with van der Waals surface area (Å²) in [6, 6.07) is 0. The maximum Gasteiger partial charge on any atom is 0.306 e. The molecule has 1 aromatic rings. The zero-order valence-electron chi connectivity index (χ0n) is 14.4. The summed E-state index contributed by atoms with van der Waals surface area (Å²) < 4.78 is 5.31. The molecule has 0 radical (unpaired) electrons. The molecule has 1 saturated heterocycles. The van der Waals surface area contributed by atoms with E-state index in [0.29, 0.717) is 31.1 Å². The van der Waals surface area contributed by atoms with Crippen molar-refractivity contribution in [3.05, 3.63) is 11.7 Å². The third kappa shape index (κ3) is 3.70. The molecule has 3 aliphatic rings. The molecule has 0 bridgehead atoms. The Morgan fingerprint density at radius 2 is 1.80 bits per heavy atom. The van der Waals surface area contributed by atoms with Crippen LogP contribution < -0.4 is 0 Å². The predicted octanol–water partition coefficient (Wildman–Crippen LogP) is 2.23. The largest absolute Gasteiger partial charge is 0.481 e. The predicted molar refractivity (Wildman–Crippen MR) is 87.7 cm³/mol. The van der Waals surface area contributed by atoms with E-state index in [1.165, 1.54) is 0 Å². The Hall–Kier alpha value is -1.92. The lowest BCUT2D eigenvalue weighted by Crippen LogP contribution is -2.41. The number of likely N-dealkylation sites (tertiary alicyclic amines) is 1. The molecule has 25 heavy (non-hydrogen) atoms. The summed E-state index contributed by atoms with van der Waals surface area (Å²) in [6.45, 7) is 1.51. The van der Waals surface area contributed by atoms with E-state index in [4.69, 9.17) is 9.63 Å². The Morgan fingerprint density at radius 1 is 1.08 bits per heavy atom. The summed E-state index contributed by atoms with van der Waals surface area (Å²) in [5.41, 5.74) is 0. The number of carboxylic acid groups (broad SMARTS) is 1. The highest BCUT2D eigenvalue weighted by Gasteiger charge is 2.37. The number of piperidine rings is 1. The van der Waals surface area contributed by atoms with Crippen LogP contribution in [0.5, 0.6) is 0 Å². The zero-order valence-corrected chi connectivity index (χ0v) is 14.4. The van der Waals surface area contributed by atoms with Crippen molar-refractivity contribution >= 4 is 11.9 Å². The van der Waals surface area contributed by atoms with Crippen molar-refractivity contribution in [3.8, 4) is 0 Å². The molecule has 2 atom stereocenters. The van der Waals surface area contributed by atoms with Crippen LogP contribution >= 0.6 is 0 Å². The molecule has 1 aromatic heterocycles. The van der Waals surface area contributed by atoms with Crippen molar-refractivity contribution in [1.29, 1.82) is 0 Å². The van der Waals surface area contributed by atoms with Gasteiger partial charge in [-0.3, -0.25) is 9.59 Å². The molecule has 0 spiro atoms. The molecule has 1 amide bonds. The number of hydrogen-bond donors (Lipinski definition) is 1. The van der Waals surface area contributed by atoms with Gasteiger partial charge in [-0.05, 0) is 50.9 Å². The minimum atomic E-state index is -0.764. The first kappa shape index (κ1) is 16.5. The molecule has 136 valence electrons. The average Bonchev–Trinajstić information content (AvgIpc) is 3.15. The van der Waals surface area contributed by atoms with Gasteiger partial charge in [0.2, 0.25) is 11.8 Å². The topological polar surface area (TPSA) is 96.5 Å². The van der Waals surface area contributed by atoms with Gasteiger partial charge >= 0.3 is 5.97 Å². The Labute approximate surface area is 146 Å². The smallest absolute Gasteiger partial charge is 0.306 e. The van der Waals surface area contributed by atoms with Gasteiger partial charge in [-0.2, -0.15) is 4.98 Å². The molecule has 3 fully saturated rings. The Morgan fingerprint density at radius 3 is 2.44 bits per heavy atom. The minimum Gasteiger partial charge on any atom is -0.481 e. The highest BCUT2D eigenvalue weighted by atomic mass is 16.5. The van der Waals surface area contributed by atoms with Crippen LogP contribution in [-0.4, -0.2) is 45.1 Å². The molecule has 0 unspecified atom stereocenters. The van der Waals surface area contributed by atoms with E-state index in [1.807, 2.05) is 4.90 Å². The number of hydrogen-bond acceptors (Lipinski definition) is 5. The minimum absolute atomic E-state index is 0.101. The second-order valence-corrected chi connectivity index (χ2v) is 7.84. The fourth-order valence-corrected chi connectivity index (χ4v) is 4.15. The summed E-state index contributed by atoms with van der Waals surface area (Å²) in [4.78, 5) is 30.1. The molecule has 0 aromatic carbocycles. The number of nitrogens with zero attached hydrogens (tertiary/aromatic N) is 3. The van der Waals surface area contributed by atoms with Crippen molar-refractivity contribution in [3.63, 3.8) is 0 Å². The Balaban J connectivity index is 1.25. The lowest BCUT2D eigenvalue weighted by atomic mass is 9.92. The number of aliphatic carboxylic acids is 1. The standard InChI is InChI=1S/C18H25N3O4/c22-17(13-3-4-14(10-13)18(23)24)21-7-5-11(6-8-21)9-15-19-16(25-20-15)12-1-2-12/h11-14H,1-10H2,(H,23,24)/t13-,14+/m0/s1. The van der Waals surface area contributed by atoms with Crippen LogP contribution in [0.3, 0.4) is 0 Å². The number of carboxylic acids is 1. The molecule has 4 rings (SSSR count). The number of rotatable bonds is 5. The number of amides is 1. The highest BCUT2D eigenvalue weighted by molar-refractivity contribution is 5.81. The summed E-state index contributed by atoms with van der Waals surface area (Å²) in [5, 5.41) is 13.2. The van der Waals surface area contributed by atoms with Gasteiger partial charge in [0.25, 0.3) is 0 Å². The van der Waals surface area contributed by atoms with Crippen LogP contribution in [0, 0.1) is 17.8 Å². The van der Waals surface area contributed by atoms with E-state index in [9.17, 15) is 9.59 Å². The second-order valence-electron chi connectivity index (χ2n) is 7.84. The van der Waals surface area contributed by atoms with E-state index < -0.39 is 5.97 Å². The van der Waals surface area contributed by atoms with E-state index in [0.717, 1.165) is 56.9 Å². The van der Waals surface area contributed by atoms with Crippen LogP contribution in [0.15, 0.2) is 4.52 Å². The molecule has 1 aliphatic heterocycles. The van der Waals surface area contributed by atoms with E-state index >= 15 is 0 Å². The fraction of sp³-hybridized carbons (Fsp3) is 0.778. The lowest BCUT2D eigenvalue weighted by molar-refractivity contribution is -0.141. The molecule has 2 saturated carbocycles. The molecule has 1 N–H and O–H groups in total. The van der Waals surface area contributed by atoms with Crippen molar-refractivity contribution in [2.75, 3.05) is 13.1 Å². The summed E-state index contributed by atoms with van der Waals surface area (Å²) in [5.74, 6) is 1.51. The van der Waals surface area contributed by atoms with Crippen molar-refractivity contribution in [2.24, 2.45) is 17.8 Å². The molecular formula is C18H25N3O4. The van der Waals surface area contributed by atoms with E-state index in [-0.39, 0.29) is 17.7 Å². The Kier molecular flexibility index (Phi) is 4.48. The van der Waals surface area contributed by atoms with Gasteiger partial charge in [0.1, 0.15) is 0 Å². The van der Waals surface area contributed by atoms with Gasteiger partial charge < -0.3 is 14.5 Å². The first-order valence-electron chi connectivity index (χ1n) is 9.44. The first-order valence-corrected chi connectivity index (χ1v) is 9.44. The third-order valence-corrected chi connectivity index (χ3v) is 5.94. The quantitative estimate of drug-likeness (QED) is 0.877. The Bertz CT molecular complexity index is 647. The lowest BCUT2D eigenvalue weighted by Gasteiger charge is -2.33. The maximum atomic E-state index is 12.6. The average molecular weight is 347 g/mol. The van der Waals surface area contributed by atoms with Gasteiger partial charge in [-0.15, -0.1) is 0 Å². The van der Waals surface area contributed by atoms with Crippen molar-refractivity contribution in [1.82, 2.24) is 15.0 Å². The molecular weight excluding hydrogens is 322 g/mol. The monoisotopic (exact) mass is 347 g/mol. The summed E-state index contributed by atoms with van der Waals surface area (Å²) >= 11 is 0. The van der Waals surface area contributed by atoms with Gasteiger partial charge in [0.05, 0.1) is 5.92 Å². The van der Waals surface area contributed by atoms with Crippen LogP contribution in [-0.2, 0) is 16.0 Å². The number of carbonyl (C=O) groups is 2. The van der Waals surface area contributed by atoms with Crippen LogP contribution in [0.1, 0.15) is 62.6 Å². The summed E-state index contributed by atoms with van der Waals surface area (Å²) in [6.07, 6.45) is 6.88. The highest BCUT2D eigenvalue weighted by Crippen LogP contribution is 2.39. The van der Waals surface area contributed by atoms with Crippen LogP contribution in [0.25, 0.3) is 0 Å². The third-order valence-electron chi connectivity index (χ3n) is 5.94. The molecule has 2 heterocycles. The first-order chi connectivity index (χ1) is 12.1. The van der Waals surface area contributed by atoms with Gasteiger partial charge in [0, 0.05) is 31.3 Å². The number of carbonyl (C=O) groups excluding carboxylic acids is 1. The van der Waals surface area contributed by atoms with Crippen LogP contribution in [0.4, 0.5) is 0 Å². The van der Waals surface area contributed by atoms with Gasteiger partial charge in [-0.1, -0.05) is 5.16 Å². The number of aromatic nitrogens is 2. The normalized spacial score (nSPS) is 27.6. The molecule has 7 nitrogen and oxygen atoms in total. The second kappa shape index (κ2) is 6.77.